The minimum Gasteiger partial charge on any atom is -0.486 e. The van der Waals surface area contributed by atoms with Crippen molar-refractivity contribution >= 4 is 23.6 Å². The van der Waals surface area contributed by atoms with Crippen LogP contribution in [0.3, 0.4) is 0 Å². The lowest BCUT2D eigenvalue weighted by atomic mass is 9.92. The molecule has 8 heteroatoms. The summed E-state index contributed by atoms with van der Waals surface area (Å²) < 4.78 is 37.7. The molecule has 0 radical (unpaired) electrons. The molecule has 0 aromatic heterocycles. The van der Waals surface area contributed by atoms with Gasteiger partial charge >= 0.3 is 6.09 Å². The Morgan fingerprint density at radius 2 is 2.10 bits per heavy atom. The first-order valence-electron chi connectivity index (χ1n) is 9.74. The summed E-state index contributed by atoms with van der Waals surface area (Å²) in [4.78, 5) is 18.3. The van der Waals surface area contributed by atoms with E-state index in [-0.39, 0.29) is 6.04 Å². The number of rotatable bonds is 6. The Bertz CT molecular complexity index is 829. The van der Waals surface area contributed by atoms with Crippen LogP contribution in [0.5, 0.6) is 5.75 Å². The smallest absolute Gasteiger partial charge is 0.414 e. The van der Waals surface area contributed by atoms with Crippen molar-refractivity contribution in [3.05, 3.63) is 29.5 Å². The molecule has 1 saturated carbocycles. The van der Waals surface area contributed by atoms with Crippen molar-refractivity contribution in [3.63, 3.8) is 0 Å². The number of amides is 1. The van der Waals surface area contributed by atoms with Gasteiger partial charge in [0.25, 0.3) is 5.92 Å². The fourth-order valence-electron chi connectivity index (χ4n) is 3.38. The molecular weight excluding hydrogens is 380 g/mol. The first-order chi connectivity index (χ1) is 13.7. The molecule has 0 unspecified atom stereocenters. The Labute approximate surface area is 169 Å². The number of methoxy groups -OCH3 is 1. The van der Waals surface area contributed by atoms with Crippen LogP contribution in [0.1, 0.15) is 44.2 Å². The molecule has 29 heavy (non-hydrogen) atoms. The maximum atomic E-state index is 13.6. The normalized spacial score (nSPS) is 20.0. The highest BCUT2D eigenvalue weighted by Gasteiger charge is 2.33. The second kappa shape index (κ2) is 8.39. The van der Waals surface area contributed by atoms with Gasteiger partial charge < -0.3 is 15.2 Å². The molecule has 1 aliphatic carbocycles. The van der Waals surface area contributed by atoms with E-state index in [1.54, 1.807) is 18.3 Å². The SMILES string of the molecule is COC(=O)N1c2ccc(C(C=NC3CC3)=CN)c(OCC(C)(F)F)c2CC[C@@H]1C. The van der Waals surface area contributed by atoms with Crippen molar-refractivity contribution in [2.24, 2.45) is 10.7 Å². The summed E-state index contributed by atoms with van der Waals surface area (Å²) in [6.07, 6.45) is 5.88. The minimum atomic E-state index is -3.00. The number of aliphatic imine (C=N–C) groups is 1. The predicted molar refractivity (Wildman–Crippen MR) is 109 cm³/mol. The molecular formula is C21H27F2N3O3. The Kier molecular flexibility index (Phi) is 6.10. The Morgan fingerprint density at radius 3 is 2.69 bits per heavy atom. The molecule has 2 aliphatic rings. The van der Waals surface area contributed by atoms with Crippen molar-refractivity contribution < 1.29 is 23.0 Å². The van der Waals surface area contributed by atoms with Gasteiger partial charge in [-0.05, 0) is 44.7 Å². The van der Waals surface area contributed by atoms with Crippen LogP contribution in [0.2, 0.25) is 0 Å². The van der Waals surface area contributed by atoms with Gasteiger partial charge in [0, 0.05) is 42.1 Å². The molecule has 1 fully saturated rings. The summed E-state index contributed by atoms with van der Waals surface area (Å²) in [7, 11) is 1.32. The van der Waals surface area contributed by atoms with Crippen molar-refractivity contribution in [2.45, 2.75) is 57.5 Å². The number of anilines is 1. The number of benzene rings is 1. The number of nitrogens with two attached hydrogens (primary N) is 1. The van der Waals surface area contributed by atoms with E-state index < -0.39 is 18.6 Å². The van der Waals surface area contributed by atoms with Crippen molar-refractivity contribution in [2.75, 3.05) is 18.6 Å². The van der Waals surface area contributed by atoms with Crippen LogP contribution in [-0.2, 0) is 11.2 Å². The van der Waals surface area contributed by atoms with Gasteiger partial charge in [0.05, 0.1) is 18.8 Å². The van der Waals surface area contributed by atoms with E-state index in [0.717, 1.165) is 19.8 Å². The van der Waals surface area contributed by atoms with E-state index in [9.17, 15) is 13.6 Å². The molecule has 1 aliphatic heterocycles. The topological polar surface area (TPSA) is 77.2 Å². The van der Waals surface area contributed by atoms with Gasteiger partial charge in [-0.3, -0.25) is 9.89 Å². The molecule has 1 heterocycles. The van der Waals surface area contributed by atoms with Gasteiger partial charge in [-0.2, -0.15) is 0 Å². The van der Waals surface area contributed by atoms with Gasteiger partial charge in [-0.1, -0.05) is 0 Å². The molecule has 1 aromatic rings. The standard InChI is InChI=1S/C21H27F2N3O3/c1-13-4-7-17-18(26(13)20(27)28-3)9-8-16(19(17)29-12-21(2,22)23)14(10-24)11-25-15-5-6-15/h8-11,13,15H,4-7,12,24H2,1-3H3/t13-/m0/s1. The number of fused-ring (bicyclic) bond motifs is 1. The largest absolute Gasteiger partial charge is 0.486 e. The van der Waals surface area contributed by atoms with E-state index in [4.69, 9.17) is 15.2 Å². The Morgan fingerprint density at radius 1 is 1.38 bits per heavy atom. The fraction of sp³-hybridized carbons (Fsp3) is 0.524. The van der Waals surface area contributed by atoms with Gasteiger partial charge in [0.1, 0.15) is 5.75 Å². The predicted octanol–water partition coefficient (Wildman–Crippen LogP) is 4.16. The van der Waals surface area contributed by atoms with Crippen molar-refractivity contribution in [1.29, 1.82) is 0 Å². The quantitative estimate of drug-likeness (QED) is 0.719. The van der Waals surface area contributed by atoms with Crippen LogP contribution in [0, 0.1) is 0 Å². The average Bonchev–Trinajstić information content (AvgIpc) is 3.50. The lowest BCUT2D eigenvalue weighted by molar-refractivity contribution is -0.0232. The third kappa shape index (κ3) is 4.86. The zero-order valence-electron chi connectivity index (χ0n) is 17.0. The van der Waals surface area contributed by atoms with Crippen LogP contribution in [0.4, 0.5) is 19.3 Å². The molecule has 1 amide bonds. The first kappa shape index (κ1) is 21.1. The zero-order chi connectivity index (χ0) is 21.2. The second-order valence-corrected chi connectivity index (χ2v) is 7.66. The Balaban J connectivity index is 2.08. The molecule has 1 atom stereocenters. The first-order valence-corrected chi connectivity index (χ1v) is 9.74. The van der Waals surface area contributed by atoms with E-state index in [1.807, 2.05) is 6.92 Å². The zero-order valence-corrected chi connectivity index (χ0v) is 17.0. The van der Waals surface area contributed by atoms with Gasteiger partial charge in [0.15, 0.2) is 6.61 Å². The van der Waals surface area contributed by atoms with E-state index in [2.05, 4.69) is 4.99 Å². The van der Waals surface area contributed by atoms with Gasteiger partial charge in [-0.25, -0.2) is 13.6 Å². The lowest BCUT2D eigenvalue weighted by Gasteiger charge is -2.35. The third-order valence-corrected chi connectivity index (χ3v) is 5.05. The van der Waals surface area contributed by atoms with Crippen molar-refractivity contribution in [3.8, 4) is 5.75 Å². The number of allylic oxidation sites excluding steroid dienone is 1. The fourth-order valence-corrected chi connectivity index (χ4v) is 3.38. The minimum absolute atomic E-state index is 0.0813. The number of alkyl halides is 2. The summed E-state index contributed by atoms with van der Waals surface area (Å²) >= 11 is 0. The number of ether oxygens (including phenoxy) is 2. The molecule has 0 bridgehead atoms. The van der Waals surface area contributed by atoms with E-state index >= 15 is 0 Å². The van der Waals surface area contributed by atoms with Gasteiger partial charge in [-0.15, -0.1) is 0 Å². The number of halogens is 2. The molecule has 0 saturated heterocycles. The molecule has 2 N–H and O–H groups in total. The van der Waals surface area contributed by atoms with Crippen molar-refractivity contribution in [1.82, 2.24) is 0 Å². The van der Waals surface area contributed by atoms with Crippen LogP contribution in [-0.4, -0.2) is 44.0 Å². The van der Waals surface area contributed by atoms with Gasteiger partial charge in [0.2, 0.25) is 0 Å². The van der Waals surface area contributed by atoms with Crippen LogP contribution < -0.4 is 15.4 Å². The molecule has 6 nitrogen and oxygen atoms in total. The summed E-state index contributed by atoms with van der Waals surface area (Å²) in [6, 6.07) is 3.72. The monoisotopic (exact) mass is 407 g/mol. The summed E-state index contributed by atoms with van der Waals surface area (Å²) in [6.45, 7) is 1.95. The van der Waals surface area contributed by atoms with Crippen LogP contribution >= 0.6 is 0 Å². The summed E-state index contributed by atoms with van der Waals surface area (Å²) in [5.74, 6) is -2.69. The van der Waals surface area contributed by atoms with E-state index in [0.29, 0.717) is 47.0 Å². The summed E-state index contributed by atoms with van der Waals surface area (Å²) in [5.41, 5.74) is 8.28. The number of nitrogens with zero attached hydrogens (tertiary/aromatic N) is 2. The highest BCUT2D eigenvalue weighted by molar-refractivity contribution is 6.11. The highest BCUT2D eigenvalue weighted by Crippen LogP contribution is 2.42. The molecule has 158 valence electrons. The van der Waals surface area contributed by atoms with Crippen LogP contribution in [0.15, 0.2) is 23.3 Å². The lowest BCUT2D eigenvalue weighted by Crippen LogP contribution is -2.42. The maximum absolute atomic E-state index is 13.6. The molecule has 1 aromatic carbocycles. The maximum Gasteiger partial charge on any atom is 0.414 e. The highest BCUT2D eigenvalue weighted by atomic mass is 19.3. The number of hydrogen-bond donors (Lipinski definition) is 1. The average molecular weight is 407 g/mol. The third-order valence-electron chi connectivity index (χ3n) is 5.05. The molecule has 0 spiro atoms. The second-order valence-electron chi connectivity index (χ2n) is 7.66. The Hall–Kier alpha value is -2.64. The van der Waals surface area contributed by atoms with Crippen LogP contribution in [0.25, 0.3) is 5.57 Å². The number of hydrogen-bond acceptors (Lipinski definition) is 5. The number of carbonyl (C=O) groups is 1. The molecule has 3 rings (SSSR count). The number of carbonyl (C=O) groups excluding carboxylic acids is 1. The van der Waals surface area contributed by atoms with E-state index in [1.165, 1.54) is 18.2 Å². The summed E-state index contributed by atoms with van der Waals surface area (Å²) in [5, 5.41) is 0.